The van der Waals surface area contributed by atoms with Crippen LogP contribution >= 0.6 is 0 Å². The molecular formula is C17H27N3O. The molecule has 1 aromatic rings. The van der Waals surface area contributed by atoms with Crippen LogP contribution in [0.25, 0.3) is 0 Å². The van der Waals surface area contributed by atoms with Gasteiger partial charge in [0.2, 0.25) is 0 Å². The van der Waals surface area contributed by atoms with Gasteiger partial charge in [-0.05, 0) is 44.2 Å². The fourth-order valence-electron chi connectivity index (χ4n) is 2.48. The molecule has 4 nitrogen and oxygen atoms in total. The third kappa shape index (κ3) is 5.37. The Bertz CT molecular complexity index is 445. The van der Waals surface area contributed by atoms with Crippen molar-refractivity contribution in [2.45, 2.75) is 52.4 Å². The van der Waals surface area contributed by atoms with Crippen LogP contribution in [0, 0.1) is 5.92 Å². The highest BCUT2D eigenvalue weighted by atomic mass is 16.1. The lowest BCUT2D eigenvalue weighted by Gasteiger charge is -2.10. The smallest absolute Gasteiger partial charge is 0.251 e. The zero-order chi connectivity index (χ0) is 15.1. The van der Waals surface area contributed by atoms with Crippen molar-refractivity contribution in [3.63, 3.8) is 0 Å². The molecule has 0 unspecified atom stereocenters. The molecule has 1 fully saturated rings. The van der Waals surface area contributed by atoms with E-state index in [0.717, 1.165) is 55.3 Å². The van der Waals surface area contributed by atoms with Gasteiger partial charge in [-0.1, -0.05) is 26.2 Å². The van der Waals surface area contributed by atoms with Crippen LogP contribution in [0.4, 0.5) is 5.82 Å². The molecule has 2 N–H and O–H groups in total. The Balaban J connectivity index is 1.92. The van der Waals surface area contributed by atoms with Crippen LogP contribution in [-0.4, -0.2) is 24.0 Å². The fraction of sp³-hybridized carbons (Fsp3) is 0.647. The van der Waals surface area contributed by atoms with Crippen LogP contribution < -0.4 is 10.6 Å². The number of aryl methyl sites for hydroxylation is 1. The van der Waals surface area contributed by atoms with E-state index in [1.807, 2.05) is 19.1 Å². The van der Waals surface area contributed by atoms with E-state index in [9.17, 15) is 4.79 Å². The zero-order valence-corrected chi connectivity index (χ0v) is 13.2. The summed E-state index contributed by atoms with van der Waals surface area (Å²) in [5.74, 6) is 1.75. The second-order valence-corrected chi connectivity index (χ2v) is 5.85. The quantitative estimate of drug-likeness (QED) is 0.685. The standard InChI is InChI=1S/C17H27N3O/c1-3-6-15-11-14(12-16(20-15)18-4-2)17(21)19-10-5-7-13-8-9-13/h11-13H,3-10H2,1-2H3,(H,18,20)(H,19,21). The van der Waals surface area contributed by atoms with Crippen molar-refractivity contribution in [2.75, 3.05) is 18.4 Å². The van der Waals surface area contributed by atoms with Gasteiger partial charge in [0, 0.05) is 24.3 Å². The van der Waals surface area contributed by atoms with Gasteiger partial charge in [0.05, 0.1) is 0 Å². The maximum absolute atomic E-state index is 12.3. The van der Waals surface area contributed by atoms with Crippen LogP contribution in [0.15, 0.2) is 12.1 Å². The highest BCUT2D eigenvalue weighted by Gasteiger charge is 2.20. The molecule has 0 bridgehead atoms. The van der Waals surface area contributed by atoms with Gasteiger partial charge in [-0.15, -0.1) is 0 Å². The lowest BCUT2D eigenvalue weighted by atomic mass is 10.1. The predicted octanol–water partition coefficient (Wildman–Crippen LogP) is 3.39. The monoisotopic (exact) mass is 289 g/mol. The SMILES string of the molecule is CCCc1cc(C(=O)NCCCC2CC2)cc(NCC)n1. The van der Waals surface area contributed by atoms with Crippen LogP contribution in [0.1, 0.15) is 62.0 Å². The van der Waals surface area contributed by atoms with Crippen molar-refractivity contribution in [3.05, 3.63) is 23.4 Å². The van der Waals surface area contributed by atoms with Gasteiger partial charge in [0.25, 0.3) is 5.91 Å². The zero-order valence-electron chi connectivity index (χ0n) is 13.2. The number of nitrogens with one attached hydrogen (secondary N) is 2. The van der Waals surface area contributed by atoms with Gasteiger partial charge in [0.15, 0.2) is 0 Å². The van der Waals surface area contributed by atoms with Crippen LogP contribution in [0.2, 0.25) is 0 Å². The Morgan fingerprint density at radius 1 is 1.33 bits per heavy atom. The second-order valence-electron chi connectivity index (χ2n) is 5.85. The van der Waals surface area contributed by atoms with Gasteiger partial charge < -0.3 is 10.6 Å². The van der Waals surface area contributed by atoms with E-state index in [1.54, 1.807) is 0 Å². The molecular weight excluding hydrogens is 262 g/mol. The summed E-state index contributed by atoms with van der Waals surface area (Å²) >= 11 is 0. The van der Waals surface area contributed by atoms with Gasteiger partial charge in [-0.25, -0.2) is 4.98 Å². The maximum Gasteiger partial charge on any atom is 0.251 e. The molecule has 21 heavy (non-hydrogen) atoms. The van der Waals surface area contributed by atoms with Crippen molar-refractivity contribution in [2.24, 2.45) is 5.92 Å². The molecule has 1 aromatic heterocycles. The lowest BCUT2D eigenvalue weighted by Crippen LogP contribution is -2.25. The molecule has 1 saturated carbocycles. The summed E-state index contributed by atoms with van der Waals surface area (Å²) < 4.78 is 0. The Labute approximate surface area is 127 Å². The minimum Gasteiger partial charge on any atom is -0.370 e. The van der Waals surface area contributed by atoms with Gasteiger partial charge in [-0.3, -0.25) is 4.79 Å². The lowest BCUT2D eigenvalue weighted by molar-refractivity contribution is 0.0952. The number of hydrogen-bond acceptors (Lipinski definition) is 3. The summed E-state index contributed by atoms with van der Waals surface area (Å²) in [7, 11) is 0. The first kappa shape index (κ1) is 15.8. The summed E-state index contributed by atoms with van der Waals surface area (Å²) in [6.45, 7) is 5.74. The molecule has 0 aromatic carbocycles. The van der Waals surface area contributed by atoms with Crippen molar-refractivity contribution in [3.8, 4) is 0 Å². The van der Waals surface area contributed by atoms with E-state index in [4.69, 9.17) is 0 Å². The van der Waals surface area contributed by atoms with E-state index in [-0.39, 0.29) is 5.91 Å². The highest BCUT2D eigenvalue weighted by molar-refractivity contribution is 5.95. The molecule has 0 atom stereocenters. The minimum absolute atomic E-state index is 0.0182. The average molecular weight is 289 g/mol. The number of carbonyl (C=O) groups is 1. The molecule has 1 amide bonds. The molecule has 1 heterocycles. The minimum atomic E-state index is 0.0182. The number of aromatic nitrogens is 1. The topological polar surface area (TPSA) is 54.0 Å². The number of anilines is 1. The Hall–Kier alpha value is -1.58. The molecule has 0 spiro atoms. The van der Waals surface area contributed by atoms with Crippen LogP contribution in [0.3, 0.4) is 0 Å². The first-order valence-corrected chi connectivity index (χ1v) is 8.26. The molecule has 0 saturated heterocycles. The summed E-state index contributed by atoms with van der Waals surface area (Å²) in [5.41, 5.74) is 1.70. The molecule has 4 heteroatoms. The maximum atomic E-state index is 12.3. The van der Waals surface area contributed by atoms with Gasteiger partial charge in [-0.2, -0.15) is 0 Å². The average Bonchev–Trinajstić information content (AvgIpc) is 3.28. The highest BCUT2D eigenvalue weighted by Crippen LogP contribution is 2.33. The summed E-state index contributed by atoms with van der Waals surface area (Å²) in [5, 5.41) is 6.23. The predicted molar refractivity (Wildman–Crippen MR) is 86.7 cm³/mol. The Morgan fingerprint density at radius 2 is 2.14 bits per heavy atom. The number of hydrogen-bond donors (Lipinski definition) is 2. The van der Waals surface area contributed by atoms with Gasteiger partial charge in [0.1, 0.15) is 5.82 Å². The Morgan fingerprint density at radius 3 is 2.81 bits per heavy atom. The number of rotatable bonds is 9. The van der Waals surface area contributed by atoms with E-state index in [0.29, 0.717) is 0 Å². The summed E-state index contributed by atoms with van der Waals surface area (Å²) in [4.78, 5) is 16.8. The van der Waals surface area contributed by atoms with E-state index in [1.165, 1.54) is 19.3 Å². The van der Waals surface area contributed by atoms with E-state index < -0.39 is 0 Å². The second kappa shape index (κ2) is 8.01. The van der Waals surface area contributed by atoms with Crippen molar-refractivity contribution < 1.29 is 4.79 Å². The number of carbonyl (C=O) groups excluding carboxylic acids is 1. The largest absolute Gasteiger partial charge is 0.370 e. The third-order valence-electron chi connectivity index (χ3n) is 3.78. The number of nitrogens with zero attached hydrogens (tertiary/aromatic N) is 1. The van der Waals surface area contributed by atoms with Crippen molar-refractivity contribution >= 4 is 11.7 Å². The van der Waals surface area contributed by atoms with Crippen LogP contribution in [0.5, 0.6) is 0 Å². The molecule has 0 aliphatic heterocycles. The first-order chi connectivity index (χ1) is 10.2. The first-order valence-electron chi connectivity index (χ1n) is 8.26. The van der Waals surface area contributed by atoms with E-state index >= 15 is 0 Å². The normalized spacial score (nSPS) is 14.0. The summed E-state index contributed by atoms with van der Waals surface area (Å²) in [6, 6.07) is 3.76. The molecule has 0 radical (unpaired) electrons. The van der Waals surface area contributed by atoms with Gasteiger partial charge >= 0.3 is 0 Å². The number of pyridine rings is 1. The third-order valence-corrected chi connectivity index (χ3v) is 3.78. The molecule has 2 rings (SSSR count). The van der Waals surface area contributed by atoms with Crippen LogP contribution in [-0.2, 0) is 6.42 Å². The Kier molecular flexibility index (Phi) is 6.03. The molecule has 116 valence electrons. The molecule has 1 aliphatic rings. The summed E-state index contributed by atoms with van der Waals surface area (Å²) in [6.07, 6.45) is 7.03. The van der Waals surface area contributed by atoms with E-state index in [2.05, 4.69) is 22.5 Å². The van der Waals surface area contributed by atoms with Crippen molar-refractivity contribution in [1.29, 1.82) is 0 Å². The van der Waals surface area contributed by atoms with Crippen molar-refractivity contribution in [1.82, 2.24) is 10.3 Å². The number of amides is 1. The fourth-order valence-corrected chi connectivity index (χ4v) is 2.48. The molecule has 1 aliphatic carbocycles.